The van der Waals surface area contributed by atoms with Gasteiger partial charge in [-0.05, 0) is 36.9 Å². The molecular formula is C16H18N2O3S. The SMILES string of the molecule is Cc1ccc(CNC(=O)C2CCC(=O)N2Cc2cccs2)o1. The van der Waals surface area contributed by atoms with Crippen molar-refractivity contribution in [3.8, 4) is 0 Å². The van der Waals surface area contributed by atoms with Crippen LogP contribution in [0.2, 0.25) is 0 Å². The Bertz CT molecular complexity index is 663. The number of nitrogens with one attached hydrogen (secondary N) is 1. The van der Waals surface area contributed by atoms with Crippen molar-refractivity contribution in [2.75, 3.05) is 0 Å². The number of aryl methyl sites for hydroxylation is 1. The van der Waals surface area contributed by atoms with Crippen LogP contribution in [-0.4, -0.2) is 22.8 Å². The number of hydrogen-bond donors (Lipinski definition) is 1. The average molecular weight is 318 g/mol. The Kier molecular flexibility index (Phi) is 4.29. The third-order valence-electron chi connectivity index (χ3n) is 3.77. The first-order valence-corrected chi connectivity index (χ1v) is 8.16. The number of amides is 2. The van der Waals surface area contributed by atoms with Crippen molar-refractivity contribution in [3.05, 3.63) is 46.0 Å². The molecule has 6 heteroatoms. The first kappa shape index (κ1) is 14.8. The highest BCUT2D eigenvalue weighted by Crippen LogP contribution is 2.23. The number of nitrogens with zero attached hydrogens (tertiary/aromatic N) is 1. The zero-order valence-corrected chi connectivity index (χ0v) is 13.2. The molecule has 2 aromatic rings. The Balaban J connectivity index is 1.61. The van der Waals surface area contributed by atoms with Crippen molar-refractivity contribution in [2.24, 2.45) is 0 Å². The second kappa shape index (κ2) is 6.36. The van der Waals surface area contributed by atoms with Crippen molar-refractivity contribution in [1.29, 1.82) is 0 Å². The van der Waals surface area contributed by atoms with Crippen LogP contribution in [0.25, 0.3) is 0 Å². The lowest BCUT2D eigenvalue weighted by Crippen LogP contribution is -2.43. The van der Waals surface area contributed by atoms with Crippen molar-refractivity contribution < 1.29 is 14.0 Å². The summed E-state index contributed by atoms with van der Waals surface area (Å²) in [5.41, 5.74) is 0. The number of hydrogen-bond acceptors (Lipinski definition) is 4. The number of thiophene rings is 1. The van der Waals surface area contributed by atoms with E-state index in [1.165, 1.54) is 0 Å². The lowest BCUT2D eigenvalue weighted by Gasteiger charge is -2.23. The standard InChI is InChI=1S/C16H18N2O3S/c1-11-4-5-12(21-11)9-17-16(20)14-6-7-15(19)18(14)10-13-3-2-8-22-13/h2-5,8,14H,6-7,9-10H2,1H3,(H,17,20). The molecule has 3 heterocycles. The van der Waals surface area contributed by atoms with Gasteiger partial charge in [-0.2, -0.15) is 0 Å². The van der Waals surface area contributed by atoms with Crippen LogP contribution >= 0.6 is 11.3 Å². The van der Waals surface area contributed by atoms with Gasteiger partial charge in [0.2, 0.25) is 11.8 Å². The molecular weight excluding hydrogens is 300 g/mol. The minimum Gasteiger partial charge on any atom is -0.465 e. The van der Waals surface area contributed by atoms with Crippen LogP contribution in [0.1, 0.15) is 29.2 Å². The minimum atomic E-state index is -0.384. The summed E-state index contributed by atoms with van der Waals surface area (Å²) in [7, 11) is 0. The molecule has 3 rings (SSSR count). The largest absolute Gasteiger partial charge is 0.465 e. The monoisotopic (exact) mass is 318 g/mol. The molecule has 1 aliphatic rings. The maximum absolute atomic E-state index is 12.4. The van der Waals surface area contributed by atoms with Gasteiger partial charge in [0.05, 0.1) is 13.1 Å². The molecule has 2 aromatic heterocycles. The quantitative estimate of drug-likeness (QED) is 0.921. The molecule has 1 atom stereocenters. The molecule has 5 nitrogen and oxygen atoms in total. The van der Waals surface area contributed by atoms with Gasteiger partial charge in [-0.15, -0.1) is 11.3 Å². The first-order valence-electron chi connectivity index (χ1n) is 7.28. The summed E-state index contributed by atoms with van der Waals surface area (Å²) in [6, 6.07) is 7.26. The molecule has 1 fully saturated rings. The van der Waals surface area contributed by atoms with Gasteiger partial charge < -0.3 is 14.6 Å². The summed E-state index contributed by atoms with van der Waals surface area (Å²) < 4.78 is 5.44. The fourth-order valence-corrected chi connectivity index (χ4v) is 3.35. The predicted molar refractivity (Wildman–Crippen MR) is 83.2 cm³/mol. The van der Waals surface area contributed by atoms with Crippen LogP contribution in [0, 0.1) is 6.92 Å². The summed E-state index contributed by atoms with van der Waals surface area (Å²) in [4.78, 5) is 27.2. The number of rotatable bonds is 5. The van der Waals surface area contributed by atoms with E-state index >= 15 is 0 Å². The molecule has 1 unspecified atom stereocenters. The zero-order chi connectivity index (χ0) is 15.5. The molecule has 0 saturated carbocycles. The minimum absolute atomic E-state index is 0.0439. The molecule has 0 spiro atoms. The highest BCUT2D eigenvalue weighted by Gasteiger charge is 2.35. The highest BCUT2D eigenvalue weighted by atomic mass is 32.1. The second-order valence-corrected chi connectivity index (χ2v) is 6.42. The van der Waals surface area contributed by atoms with Crippen molar-refractivity contribution in [1.82, 2.24) is 10.2 Å². The topological polar surface area (TPSA) is 62.6 Å². The van der Waals surface area contributed by atoms with Crippen LogP contribution in [0.4, 0.5) is 0 Å². The molecule has 0 bridgehead atoms. The fraction of sp³-hybridized carbons (Fsp3) is 0.375. The lowest BCUT2D eigenvalue weighted by molar-refractivity contribution is -0.135. The van der Waals surface area contributed by atoms with Gasteiger partial charge in [-0.25, -0.2) is 0 Å². The van der Waals surface area contributed by atoms with Gasteiger partial charge in [-0.3, -0.25) is 9.59 Å². The Morgan fingerprint density at radius 2 is 2.32 bits per heavy atom. The van der Waals surface area contributed by atoms with E-state index in [1.54, 1.807) is 16.2 Å². The van der Waals surface area contributed by atoms with Crippen molar-refractivity contribution in [3.63, 3.8) is 0 Å². The fourth-order valence-electron chi connectivity index (χ4n) is 2.65. The number of carbonyl (C=O) groups is 2. The Morgan fingerprint density at radius 3 is 3.00 bits per heavy atom. The average Bonchev–Trinajstić information content (AvgIpc) is 3.21. The van der Waals surface area contributed by atoms with Gasteiger partial charge in [0.25, 0.3) is 0 Å². The molecule has 2 amide bonds. The Hall–Kier alpha value is -2.08. The van der Waals surface area contributed by atoms with E-state index in [-0.39, 0.29) is 17.9 Å². The summed E-state index contributed by atoms with van der Waals surface area (Å²) in [6.45, 7) is 2.72. The van der Waals surface area contributed by atoms with Gasteiger partial charge in [0.1, 0.15) is 17.6 Å². The zero-order valence-electron chi connectivity index (χ0n) is 12.4. The third kappa shape index (κ3) is 3.22. The van der Waals surface area contributed by atoms with E-state index in [4.69, 9.17) is 4.42 Å². The van der Waals surface area contributed by atoms with Crippen molar-refractivity contribution >= 4 is 23.2 Å². The second-order valence-electron chi connectivity index (χ2n) is 5.39. The molecule has 22 heavy (non-hydrogen) atoms. The Morgan fingerprint density at radius 1 is 1.45 bits per heavy atom. The van der Waals surface area contributed by atoms with Gasteiger partial charge in [-0.1, -0.05) is 6.07 Å². The highest BCUT2D eigenvalue weighted by molar-refractivity contribution is 7.09. The summed E-state index contributed by atoms with van der Waals surface area (Å²) >= 11 is 1.60. The van der Waals surface area contributed by atoms with Crippen LogP contribution in [0.5, 0.6) is 0 Å². The van der Waals surface area contributed by atoms with E-state index in [2.05, 4.69) is 5.32 Å². The molecule has 0 aromatic carbocycles. The third-order valence-corrected chi connectivity index (χ3v) is 4.63. The lowest BCUT2D eigenvalue weighted by atomic mass is 10.2. The van der Waals surface area contributed by atoms with E-state index in [1.807, 2.05) is 36.6 Å². The van der Waals surface area contributed by atoms with E-state index in [0.717, 1.165) is 16.4 Å². The first-order chi connectivity index (χ1) is 10.6. The Labute approximate surface area is 132 Å². The summed E-state index contributed by atoms with van der Waals surface area (Å²) in [5, 5.41) is 4.84. The number of furan rings is 1. The van der Waals surface area contributed by atoms with Crippen LogP contribution in [0.15, 0.2) is 34.1 Å². The number of carbonyl (C=O) groups excluding carboxylic acids is 2. The van der Waals surface area contributed by atoms with E-state index in [9.17, 15) is 9.59 Å². The molecule has 1 N–H and O–H groups in total. The van der Waals surface area contributed by atoms with Crippen LogP contribution < -0.4 is 5.32 Å². The van der Waals surface area contributed by atoms with Gasteiger partial charge in [0.15, 0.2) is 0 Å². The van der Waals surface area contributed by atoms with Gasteiger partial charge in [0, 0.05) is 11.3 Å². The molecule has 0 aliphatic carbocycles. The summed E-state index contributed by atoms with van der Waals surface area (Å²) in [5.74, 6) is 1.47. The molecule has 116 valence electrons. The van der Waals surface area contributed by atoms with E-state index in [0.29, 0.717) is 25.9 Å². The van der Waals surface area contributed by atoms with Crippen LogP contribution in [0.3, 0.4) is 0 Å². The van der Waals surface area contributed by atoms with Crippen molar-refractivity contribution in [2.45, 2.75) is 38.9 Å². The summed E-state index contributed by atoms with van der Waals surface area (Å²) in [6.07, 6.45) is 1.01. The maximum Gasteiger partial charge on any atom is 0.243 e. The van der Waals surface area contributed by atoms with E-state index < -0.39 is 0 Å². The molecule has 1 aliphatic heterocycles. The van der Waals surface area contributed by atoms with Crippen LogP contribution in [-0.2, 0) is 22.7 Å². The number of likely N-dealkylation sites (tertiary alicyclic amines) is 1. The predicted octanol–water partition coefficient (Wildman–Crippen LogP) is 2.46. The van der Waals surface area contributed by atoms with Gasteiger partial charge >= 0.3 is 0 Å². The maximum atomic E-state index is 12.4. The molecule has 1 saturated heterocycles. The normalized spacial score (nSPS) is 18.0. The molecule has 0 radical (unpaired) electrons. The smallest absolute Gasteiger partial charge is 0.243 e.